The van der Waals surface area contributed by atoms with Crippen molar-refractivity contribution in [1.29, 1.82) is 0 Å². The summed E-state index contributed by atoms with van der Waals surface area (Å²) in [7, 11) is 1.77. The molecule has 0 radical (unpaired) electrons. The van der Waals surface area contributed by atoms with Crippen LogP contribution in [0.15, 0.2) is 53.1 Å². The number of allylic oxidation sites excluding steroid dienone is 5. The van der Waals surface area contributed by atoms with Gasteiger partial charge in [-0.05, 0) is 38.0 Å². The molecule has 2 heterocycles. The number of rotatable bonds is 3. The average molecular weight is 331 g/mol. The molecule has 0 aliphatic rings. The van der Waals surface area contributed by atoms with Crippen LogP contribution in [-0.4, -0.2) is 9.55 Å². The second-order valence-electron chi connectivity index (χ2n) is 5.10. The monoisotopic (exact) mass is 330 g/mol. The van der Waals surface area contributed by atoms with E-state index in [2.05, 4.69) is 30.6 Å². The number of aryl methyl sites for hydroxylation is 1. The molecule has 0 fully saturated rings. The topological polar surface area (TPSA) is 37.8 Å². The first-order chi connectivity index (χ1) is 11.5. The summed E-state index contributed by atoms with van der Waals surface area (Å²) in [6, 6.07) is 1.95. The molecule has 3 heteroatoms. The number of aromatic amines is 1. The van der Waals surface area contributed by atoms with Crippen molar-refractivity contribution in [2.24, 2.45) is 7.05 Å². The Kier molecular flexibility index (Phi) is 9.48. The maximum Gasteiger partial charge on any atom is 0.274 e. The average Bonchev–Trinajstić information content (AvgIpc) is 3.09. The van der Waals surface area contributed by atoms with Gasteiger partial charge in [-0.3, -0.25) is 4.79 Å². The lowest BCUT2D eigenvalue weighted by molar-refractivity contribution is 0.867. The molecule has 0 aliphatic carbocycles. The van der Waals surface area contributed by atoms with Crippen LogP contribution in [0, 0.1) is 0 Å². The summed E-state index contributed by atoms with van der Waals surface area (Å²) in [6.45, 7) is 18.0. The molecule has 24 heavy (non-hydrogen) atoms. The number of hydrogen-bond donors (Lipinski definition) is 1. The third-order valence-electron chi connectivity index (χ3n) is 3.43. The maximum atomic E-state index is 12.1. The van der Waals surface area contributed by atoms with Crippen molar-refractivity contribution in [3.05, 3.63) is 64.3 Å². The molecule has 0 saturated carbocycles. The van der Waals surface area contributed by atoms with Crippen LogP contribution in [-0.2, 0) is 7.05 Å². The van der Waals surface area contributed by atoms with E-state index in [0.29, 0.717) is 5.52 Å². The highest BCUT2D eigenvalue weighted by molar-refractivity contribution is 5.96. The van der Waals surface area contributed by atoms with Crippen LogP contribution >= 0.6 is 0 Å². The minimum atomic E-state index is -0.0124. The molecule has 0 unspecified atom stereocenters. The molecule has 0 spiro atoms. The van der Waals surface area contributed by atoms with E-state index in [1.807, 2.05) is 53.8 Å². The van der Waals surface area contributed by atoms with Gasteiger partial charge in [0.25, 0.3) is 5.56 Å². The van der Waals surface area contributed by atoms with Crippen molar-refractivity contribution in [3.8, 4) is 0 Å². The quantitative estimate of drug-likeness (QED) is 0.679. The van der Waals surface area contributed by atoms with E-state index in [1.54, 1.807) is 17.8 Å². The number of nitrogens with one attached hydrogen (secondary N) is 1. The molecule has 2 rings (SSSR count). The molecule has 1 N–H and O–H groups in total. The van der Waals surface area contributed by atoms with Crippen molar-refractivity contribution in [2.45, 2.75) is 48.5 Å². The molecule has 134 valence electrons. The Hall–Kier alpha value is -2.29. The minimum absolute atomic E-state index is 0. The van der Waals surface area contributed by atoms with Crippen LogP contribution in [0.2, 0.25) is 0 Å². The molecule has 0 amide bonds. The summed E-state index contributed by atoms with van der Waals surface area (Å²) < 4.78 is 1.61. The van der Waals surface area contributed by atoms with Gasteiger partial charge >= 0.3 is 0 Å². The summed E-state index contributed by atoms with van der Waals surface area (Å²) in [4.78, 5) is 15.1. The predicted octanol–water partition coefficient (Wildman–Crippen LogP) is 6.09. The smallest absolute Gasteiger partial charge is 0.274 e. The van der Waals surface area contributed by atoms with E-state index < -0.39 is 0 Å². The molecule has 0 bridgehead atoms. The van der Waals surface area contributed by atoms with Crippen molar-refractivity contribution in [1.82, 2.24) is 9.55 Å². The number of aromatic nitrogens is 2. The van der Waals surface area contributed by atoms with Crippen LogP contribution in [0.5, 0.6) is 0 Å². The number of H-pyrrole nitrogens is 1. The lowest BCUT2D eigenvalue weighted by atomic mass is 9.95. The van der Waals surface area contributed by atoms with Gasteiger partial charge in [-0.1, -0.05) is 52.0 Å². The second kappa shape index (κ2) is 10.5. The van der Waals surface area contributed by atoms with Gasteiger partial charge in [0.05, 0.1) is 0 Å². The SMILES string of the molecule is C=C(C)/C=C(\C(C)=C/C)c1cn(C)c(=O)c2[nH]ccc12.CC.CC.[HH]. The Morgan fingerprint density at radius 3 is 2.33 bits per heavy atom. The standard InChI is InChI=1S/C17H20N2O.2C2H6.H2/c1-6-12(4)14(9-11(2)3)15-10-19(5)17(20)16-13(15)7-8-18-16;2*1-2;/h6-10,18H,2H2,1,3-5H3;2*1-2H3;1H/b12-6-,14-9+;;;. The Morgan fingerprint density at radius 1 is 1.25 bits per heavy atom. The largest absolute Gasteiger partial charge is 0.357 e. The number of pyridine rings is 1. The summed E-state index contributed by atoms with van der Waals surface area (Å²) >= 11 is 0. The second-order valence-corrected chi connectivity index (χ2v) is 5.10. The van der Waals surface area contributed by atoms with Gasteiger partial charge in [-0.25, -0.2) is 0 Å². The van der Waals surface area contributed by atoms with Crippen LogP contribution in [0.4, 0.5) is 0 Å². The first-order valence-electron chi connectivity index (χ1n) is 8.63. The molecule has 0 atom stereocenters. The van der Waals surface area contributed by atoms with Gasteiger partial charge in [0, 0.05) is 31.8 Å². The van der Waals surface area contributed by atoms with Gasteiger partial charge in [0.1, 0.15) is 5.52 Å². The molecule has 0 aromatic carbocycles. The lowest BCUT2D eigenvalue weighted by Gasteiger charge is -2.12. The predicted molar refractivity (Wildman–Crippen MR) is 111 cm³/mol. The zero-order chi connectivity index (χ0) is 18.9. The Balaban J connectivity index is 0. The zero-order valence-corrected chi connectivity index (χ0v) is 16.4. The van der Waals surface area contributed by atoms with E-state index in [4.69, 9.17) is 0 Å². The summed E-state index contributed by atoms with van der Waals surface area (Å²) in [6.07, 6.45) is 7.82. The summed E-state index contributed by atoms with van der Waals surface area (Å²) in [5.74, 6) is 0. The Labute approximate surface area is 147 Å². The molecular formula is C21H34N2O. The normalized spacial score (nSPS) is 11.3. The van der Waals surface area contributed by atoms with Gasteiger partial charge in [-0.15, -0.1) is 0 Å². The van der Waals surface area contributed by atoms with Crippen LogP contribution in [0.3, 0.4) is 0 Å². The first-order valence-corrected chi connectivity index (χ1v) is 8.63. The third kappa shape index (κ3) is 4.85. The number of fused-ring (bicyclic) bond motifs is 1. The highest BCUT2D eigenvalue weighted by atomic mass is 16.1. The first kappa shape index (κ1) is 21.7. The maximum absolute atomic E-state index is 12.1. The van der Waals surface area contributed by atoms with E-state index >= 15 is 0 Å². The van der Waals surface area contributed by atoms with E-state index in [0.717, 1.165) is 27.7 Å². The van der Waals surface area contributed by atoms with Crippen LogP contribution in [0.25, 0.3) is 16.5 Å². The summed E-state index contributed by atoms with van der Waals surface area (Å²) in [5.41, 5.74) is 4.91. The zero-order valence-electron chi connectivity index (χ0n) is 16.4. The summed E-state index contributed by atoms with van der Waals surface area (Å²) in [5, 5.41) is 0.946. The number of nitrogens with zero attached hydrogens (tertiary/aromatic N) is 1. The Bertz CT molecular complexity index is 792. The van der Waals surface area contributed by atoms with Gasteiger partial charge in [-0.2, -0.15) is 0 Å². The molecule has 2 aromatic rings. The molecule has 3 nitrogen and oxygen atoms in total. The molecule has 0 aliphatic heterocycles. The minimum Gasteiger partial charge on any atom is -0.357 e. The van der Waals surface area contributed by atoms with E-state index in [-0.39, 0.29) is 6.99 Å². The Morgan fingerprint density at radius 2 is 1.83 bits per heavy atom. The van der Waals surface area contributed by atoms with Crippen molar-refractivity contribution in [2.75, 3.05) is 0 Å². The highest BCUT2D eigenvalue weighted by Gasteiger charge is 2.12. The fourth-order valence-corrected chi connectivity index (χ4v) is 2.29. The van der Waals surface area contributed by atoms with Crippen molar-refractivity contribution in [3.63, 3.8) is 0 Å². The fourth-order valence-electron chi connectivity index (χ4n) is 2.29. The van der Waals surface area contributed by atoms with E-state index in [9.17, 15) is 4.79 Å². The van der Waals surface area contributed by atoms with Gasteiger partial charge in [0.15, 0.2) is 0 Å². The van der Waals surface area contributed by atoms with Crippen LogP contribution in [0.1, 0.15) is 55.5 Å². The van der Waals surface area contributed by atoms with E-state index in [1.165, 1.54) is 0 Å². The highest BCUT2D eigenvalue weighted by Crippen LogP contribution is 2.29. The van der Waals surface area contributed by atoms with Crippen molar-refractivity contribution < 1.29 is 1.43 Å². The molecule has 2 aromatic heterocycles. The third-order valence-corrected chi connectivity index (χ3v) is 3.43. The number of hydrogen-bond acceptors (Lipinski definition) is 1. The fraction of sp³-hybridized carbons (Fsp3) is 0.381. The van der Waals surface area contributed by atoms with Gasteiger partial charge < -0.3 is 9.55 Å². The van der Waals surface area contributed by atoms with Crippen LogP contribution < -0.4 is 5.56 Å². The lowest BCUT2D eigenvalue weighted by Crippen LogP contribution is -2.17. The van der Waals surface area contributed by atoms with Gasteiger partial charge in [0.2, 0.25) is 0 Å². The molecular weight excluding hydrogens is 296 g/mol. The van der Waals surface area contributed by atoms with Crippen molar-refractivity contribution >= 4 is 16.5 Å². The molecule has 0 saturated heterocycles.